The first kappa shape index (κ1) is 17.9. The summed E-state index contributed by atoms with van der Waals surface area (Å²) in [5.74, 6) is -2.10. The molecule has 0 saturated carbocycles. The minimum atomic E-state index is -1.19. The van der Waals surface area contributed by atoms with Gasteiger partial charge in [0.2, 0.25) is 0 Å². The Kier molecular flexibility index (Phi) is 5.28. The van der Waals surface area contributed by atoms with E-state index in [1.807, 2.05) is 0 Å². The van der Waals surface area contributed by atoms with E-state index in [2.05, 4.69) is 5.32 Å². The van der Waals surface area contributed by atoms with E-state index < -0.39 is 28.7 Å². The van der Waals surface area contributed by atoms with Crippen molar-refractivity contribution in [1.29, 1.82) is 0 Å². The van der Waals surface area contributed by atoms with Crippen molar-refractivity contribution in [3.05, 3.63) is 64.0 Å². The molecule has 25 heavy (non-hydrogen) atoms. The zero-order chi connectivity index (χ0) is 18.6. The quantitative estimate of drug-likeness (QED) is 0.370. The van der Waals surface area contributed by atoms with Crippen molar-refractivity contribution in [3.63, 3.8) is 0 Å². The van der Waals surface area contributed by atoms with E-state index in [9.17, 15) is 24.1 Å². The molecule has 2 aromatic rings. The number of hydrogen-bond donors (Lipinski definition) is 2. The summed E-state index contributed by atoms with van der Waals surface area (Å²) in [7, 11) is 0. The average Bonchev–Trinajstić information content (AvgIpc) is 2.54. The van der Waals surface area contributed by atoms with Crippen molar-refractivity contribution in [3.8, 4) is 0 Å². The number of anilines is 2. The van der Waals surface area contributed by atoms with Crippen LogP contribution in [0.3, 0.4) is 0 Å². The molecule has 0 aliphatic rings. The number of carbonyl (C=O) groups excluding carboxylic acids is 2. The molecule has 1 amide bonds. The van der Waals surface area contributed by atoms with Crippen LogP contribution in [0.1, 0.15) is 17.3 Å². The summed E-state index contributed by atoms with van der Waals surface area (Å²) in [6, 6.07) is 8.49. The SMILES string of the molecule is C[C@@H](OC(=O)c1ccc([N+](=O)[O-])cc1N)C(=O)Nc1cccc(F)c1. The van der Waals surface area contributed by atoms with E-state index in [4.69, 9.17) is 10.5 Å². The first-order chi connectivity index (χ1) is 11.8. The van der Waals surface area contributed by atoms with Crippen LogP contribution in [-0.4, -0.2) is 22.9 Å². The fourth-order valence-electron chi connectivity index (χ4n) is 1.94. The van der Waals surface area contributed by atoms with E-state index >= 15 is 0 Å². The number of nitro groups is 1. The number of non-ortho nitro benzene ring substituents is 1. The second-order valence-corrected chi connectivity index (χ2v) is 5.08. The Morgan fingerprint density at radius 2 is 2.00 bits per heavy atom. The molecule has 3 N–H and O–H groups in total. The minimum absolute atomic E-state index is 0.101. The van der Waals surface area contributed by atoms with Gasteiger partial charge >= 0.3 is 5.97 Å². The van der Waals surface area contributed by atoms with Crippen molar-refractivity contribution in [2.45, 2.75) is 13.0 Å². The number of nitro benzene ring substituents is 1. The summed E-state index contributed by atoms with van der Waals surface area (Å²) in [5.41, 5.74) is 5.30. The molecular weight excluding hydrogens is 333 g/mol. The van der Waals surface area contributed by atoms with Crippen LogP contribution in [0, 0.1) is 15.9 Å². The molecule has 2 aromatic carbocycles. The summed E-state index contributed by atoms with van der Waals surface area (Å²) in [5, 5.41) is 13.1. The molecule has 0 bridgehead atoms. The number of carbonyl (C=O) groups is 2. The van der Waals surface area contributed by atoms with Crippen LogP contribution in [0.2, 0.25) is 0 Å². The molecular formula is C16H14FN3O5. The van der Waals surface area contributed by atoms with Crippen molar-refractivity contribution in [1.82, 2.24) is 0 Å². The second kappa shape index (κ2) is 7.39. The van der Waals surface area contributed by atoms with E-state index in [0.29, 0.717) is 0 Å². The monoisotopic (exact) mass is 347 g/mol. The van der Waals surface area contributed by atoms with Crippen molar-refractivity contribution >= 4 is 28.9 Å². The first-order valence-corrected chi connectivity index (χ1v) is 7.09. The largest absolute Gasteiger partial charge is 0.449 e. The van der Waals surface area contributed by atoms with Crippen LogP contribution in [0.4, 0.5) is 21.5 Å². The smallest absolute Gasteiger partial charge is 0.341 e. The minimum Gasteiger partial charge on any atom is -0.449 e. The zero-order valence-electron chi connectivity index (χ0n) is 13.1. The fourth-order valence-corrected chi connectivity index (χ4v) is 1.94. The second-order valence-electron chi connectivity index (χ2n) is 5.08. The highest BCUT2D eigenvalue weighted by Crippen LogP contribution is 2.21. The summed E-state index contributed by atoms with van der Waals surface area (Å²) >= 11 is 0. The standard InChI is InChI=1S/C16H14FN3O5/c1-9(15(21)19-11-4-2-3-10(17)7-11)25-16(22)13-6-5-12(20(23)24)8-14(13)18/h2-9H,18H2,1H3,(H,19,21)/t9-/m1/s1. The van der Waals surface area contributed by atoms with Gasteiger partial charge in [-0.25, -0.2) is 9.18 Å². The summed E-state index contributed by atoms with van der Waals surface area (Å²) < 4.78 is 18.1. The van der Waals surface area contributed by atoms with E-state index in [1.165, 1.54) is 25.1 Å². The molecule has 0 aliphatic heterocycles. The number of nitrogens with zero attached hydrogens (tertiary/aromatic N) is 1. The van der Waals surface area contributed by atoms with Crippen molar-refractivity contribution in [2.24, 2.45) is 0 Å². The van der Waals surface area contributed by atoms with Gasteiger partial charge in [0.15, 0.2) is 6.10 Å². The number of nitrogen functional groups attached to an aromatic ring is 1. The molecule has 9 heteroatoms. The van der Waals surface area contributed by atoms with Crippen molar-refractivity contribution in [2.75, 3.05) is 11.1 Å². The zero-order valence-corrected chi connectivity index (χ0v) is 13.1. The normalized spacial score (nSPS) is 11.4. The third-order valence-electron chi connectivity index (χ3n) is 3.21. The summed E-state index contributed by atoms with van der Waals surface area (Å²) in [4.78, 5) is 34.0. The third kappa shape index (κ3) is 4.50. The van der Waals surface area contributed by atoms with Gasteiger partial charge in [-0.05, 0) is 31.2 Å². The Labute approximate surface area is 141 Å². The molecule has 0 unspecified atom stereocenters. The predicted octanol–water partition coefficient (Wildman–Crippen LogP) is 2.50. The van der Waals surface area contributed by atoms with Crippen LogP contribution in [-0.2, 0) is 9.53 Å². The maximum absolute atomic E-state index is 13.1. The number of hydrogen-bond acceptors (Lipinski definition) is 6. The highest BCUT2D eigenvalue weighted by molar-refractivity contribution is 5.99. The molecule has 2 rings (SSSR count). The van der Waals surface area contributed by atoms with Crippen LogP contribution < -0.4 is 11.1 Å². The number of ether oxygens (including phenoxy) is 1. The van der Waals surface area contributed by atoms with Gasteiger partial charge in [-0.2, -0.15) is 0 Å². The molecule has 0 aromatic heterocycles. The van der Waals surface area contributed by atoms with Crippen LogP contribution in [0.5, 0.6) is 0 Å². The number of benzene rings is 2. The molecule has 0 radical (unpaired) electrons. The lowest BCUT2D eigenvalue weighted by atomic mass is 10.1. The predicted molar refractivity (Wildman–Crippen MR) is 87.4 cm³/mol. The molecule has 8 nitrogen and oxygen atoms in total. The van der Waals surface area contributed by atoms with Gasteiger partial charge in [0.1, 0.15) is 5.82 Å². The Hall–Kier alpha value is -3.49. The third-order valence-corrected chi connectivity index (χ3v) is 3.21. The van der Waals surface area contributed by atoms with Gasteiger partial charge in [-0.15, -0.1) is 0 Å². The Morgan fingerprint density at radius 1 is 1.28 bits per heavy atom. The molecule has 0 fully saturated rings. The fraction of sp³-hybridized carbons (Fsp3) is 0.125. The molecule has 0 spiro atoms. The van der Waals surface area contributed by atoms with Crippen LogP contribution in [0.15, 0.2) is 42.5 Å². The number of rotatable bonds is 5. The van der Waals surface area contributed by atoms with Gasteiger partial charge in [-0.1, -0.05) is 6.07 Å². The highest BCUT2D eigenvalue weighted by atomic mass is 19.1. The topological polar surface area (TPSA) is 125 Å². The number of nitrogens with two attached hydrogens (primary N) is 1. The average molecular weight is 347 g/mol. The van der Waals surface area contributed by atoms with Crippen molar-refractivity contribution < 1.29 is 23.6 Å². The van der Waals surface area contributed by atoms with Gasteiger partial charge in [0.05, 0.1) is 16.2 Å². The van der Waals surface area contributed by atoms with Gasteiger partial charge in [0, 0.05) is 17.8 Å². The molecule has 130 valence electrons. The lowest BCUT2D eigenvalue weighted by Gasteiger charge is -2.14. The number of nitrogens with one attached hydrogen (secondary N) is 1. The Balaban J connectivity index is 2.04. The number of esters is 1. The van der Waals surface area contributed by atoms with E-state index in [1.54, 1.807) is 0 Å². The molecule has 0 aliphatic carbocycles. The maximum atomic E-state index is 13.1. The van der Waals surface area contributed by atoms with Gasteiger partial charge in [0.25, 0.3) is 11.6 Å². The molecule has 0 heterocycles. The van der Waals surface area contributed by atoms with Crippen LogP contribution in [0.25, 0.3) is 0 Å². The van der Waals surface area contributed by atoms with Crippen LogP contribution >= 0.6 is 0 Å². The van der Waals surface area contributed by atoms with Gasteiger partial charge in [-0.3, -0.25) is 14.9 Å². The lowest BCUT2D eigenvalue weighted by Crippen LogP contribution is -2.30. The van der Waals surface area contributed by atoms with Gasteiger partial charge < -0.3 is 15.8 Å². The highest BCUT2D eigenvalue weighted by Gasteiger charge is 2.21. The summed E-state index contributed by atoms with van der Waals surface area (Å²) in [6.07, 6.45) is -1.19. The Bertz CT molecular complexity index is 840. The first-order valence-electron chi connectivity index (χ1n) is 7.09. The molecule has 0 saturated heterocycles. The number of halogens is 1. The van der Waals surface area contributed by atoms with E-state index in [-0.39, 0.29) is 22.6 Å². The number of amides is 1. The van der Waals surface area contributed by atoms with E-state index in [0.717, 1.165) is 24.3 Å². The Morgan fingerprint density at radius 3 is 2.60 bits per heavy atom. The maximum Gasteiger partial charge on any atom is 0.341 e. The molecule has 1 atom stereocenters. The summed E-state index contributed by atoms with van der Waals surface area (Å²) in [6.45, 7) is 1.33. The lowest BCUT2D eigenvalue weighted by molar-refractivity contribution is -0.384.